The van der Waals surface area contributed by atoms with Crippen molar-refractivity contribution in [3.63, 3.8) is 0 Å². The standard InChI is InChI=1S/C18H22/c1-17(2,3)14-11-13-9-7-8-10-15(13)16(12-14)18(4,5)6/h7-8,11-12H,1-6H3. The Kier molecular flexibility index (Phi) is 3.01. The van der Waals surface area contributed by atoms with Crippen LogP contribution in [0.4, 0.5) is 0 Å². The first-order valence-electron chi connectivity index (χ1n) is 6.57. The van der Waals surface area contributed by atoms with Crippen molar-refractivity contribution in [2.24, 2.45) is 0 Å². The molecule has 0 aromatic heterocycles. The quantitative estimate of drug-likeness (QED) is 0.603. The molecule has 0 atom stereocenters. The van der Waals surface area contributed by atoms with Gasteiger partial charge in [-0.05, 0) is 50.9 Å². The van der Waals surface area contributed by atoms with Crippen LogP contribution in [0, 0.1) is 12.1 Å². The van der Waals surface area contributed by atoms with Gasteiger partial charge in [-0.2, -0.15) is 0 Å². The van der Waals surface area contributed by atoms with Gasteiger partial charge < -0.3 is 0 Å². The van der Waals surface area contributed by atoms with E-state index in [-0.39, 0.29) is 10.8 Å². The second-order valence-electron chi connectivity index (χ2n) is 7.07. The summed E-state index contributed by atoms with van der Waals surface area (Å²) in [6, 6.07) is 15.2. The number of hydrogen-bond acceptors (Lipinski definition) is 0. The van der Waals surface area contributed by atoms with Crippen LogP contribution in [0.1, 0.15) is 52.7 Å². The minimum Gasteiger partial charge on any atom is -0.0561 e. The molecule has 2 radical (unpaired) electrons. The highest BCUT2D eigenvalue weighted by Gasteiger charge is 2.21. The molecule has 94 valence electrons. The summed E-state index contributed by atoms with van der Waals surface area (Å²) in [6.07, 6.45) is 0. The molecular weight excluding hydrogens is 216 g/mol. The average molecular weight is 238 g/mol. The largest absolute Gasteiger partial charge is 0.0561 e. The van der Waals surface area contributed by atoms with Gasteiger partial charge in [0, 0.05) is 0 Å². The van der Waals surface area contributed by atoms with Gasteiger partial charge in [-0.3, -0.25) is 0 Å². The summed E-state index contributed by atoms with van der Waals surface area (Å²) in [5.41, 5.74) is 3.03. The van der Waals surface area contributed by atoms with Gasteiger partial charge in [0.15, 0.2) is 0 Å². The Labute approximate surface area is 111 Å². The molecule has 18 heavy (non-hydrogen) atoms. The van der Waals surface area contributed by atoms with Crippen LogP contribution >= 0.6 is 0 Å². The highest BCUT2D eigenvalue weighted by Crippen LogP contribution is 2.34. The average Bonchev–Trinajstić information content (AvgIpc) is 2.25. The molecule has 2 aromatic rings. The van der Waals surface area contributed by atoms with Gasteiger partial charge in [-0.25, -0.2) is 0 Å². The molecule has 0 unspecified atom stereocenters. The van der Waals surface area contributed by atoms with E-state index in [1.165, 1.54) is 21.9 Å². The van der Waals surface area contributed by atoms with Crippen molar-refractivity contribution in [2.75, 3.05) is 0 Å². The van der Waals surface area contributed by atoms with Crippen LogP contribution in [0.25, 0.3) is 10.8 Å². The molecule has 0 aliphatic rings. The van der Waals surface area contributed by atoms with Crippen molar-refractivity contribution < 1.29 is 0 Å². The Balaban J connectivity index is 2.81. The normalized spacial score (nSPS) is 13.0. The van der Waals surface area contributed by atoms with Crippen LogP contribution in [-0.2, 0) is 10.8 Å². The molecular formula is C18H22. The Morgan fingerprint density at radius 3 is 1.94 bits per heavy atom. The third-order valence-corrected chi connectivity index (χ3v) is 3.36. The lowest BCUT2D eigenvalue weighted by molar-refractivity contribution is 0.573. The molecule has 0 saturated heterocycles. The summed E-state index contributed by atoms with van der Waals surface area (Å²) in [5, 5.41) is 2.38. The molecule has 2 rings (SSSR count). The summed E-state index contributed by atoms with van der Waals surface area (Å²) < 4.78 is 0. The fraction of sp³-hybridized carbons (Fsp3) is 0.444. The van der Waals surface area contributed by atoms with Crippen molar-refractivity contribution in [1.29, 1.82) is 0 Å². The summed E-state index contributed by atoms with van der Waals surface area (Å²) in [4.78, 5) is 0. The molecule has 0 aliphatic heterocycles. The van der Waals surface area contributed by atoms with E-state index in [1.54, 1.807) is 0 Å². The molecule has 0 bridgehead atoms. The van der Waals surface area contributed by atoms with Crippen molar-refractivity contribution >= 4 is 10.8 Å². The van der Waals surface area contributed by atoms with Gasteiger partial charge in [0.1, 0.15) is 0 Å². The first-order valence-corrected chi connectivity index (χ1v) is 6.57. The minimum absolute atomic E-state index is 0.130. The Hall–Kier alpha value is -1.30. The topological polar surface area (TPSA) is 0 Å². The number of benzene rings is 2. The number of hydrogen-bond donors (Lipinski definition) is 0. The fourth-order valence-corrected chi connectivity index (χ4v) is 2.19. The molecule has 0 fully saturated rings. The predicted molar refractivity (Wildman–Crippen MR) is 79.0 cm³/mol. The zero-order valence-electron chi connectivity index (χ0n) is 12.3. The van der Waals surface area contributed by atoms with Crippen LogP contribution in [0.2, 0.25) is 0 Å². The molecule has 0 saturated carbocycles. The van der Waals surface area contributed by atoms with Gasteiger partial charge in [0.2, 0.25) is 0 Å². The van der Waals surface area contributed by atoms with E-state index >= 15 is 0 Å². The molecule has 0 heteroatoms. The summed E-state index contributed by atoms with van der Waals surface area (Å²) in [6.45, 7) is 13.5. The summed E-state index contributed by atoms with van der Waals surface area (Å²) in [7, 11) is 0. The highest BCUT2D eigenvalue weighted by atomic mass is 14.3. The maximum Gasteiger partial charge on any atom is -0.00613 e. The Morgan fingerprint density at radius 2 is 1.39 bits per heavy atom. The van der Waals surface area contributed by atoms with Crippen LogP contribution in [0.5, 0.6) is 0 Å². The van der Waals surface area contributed by atoms with Crippen molar-refractivity contribution in [1.82, 2.24) is 0 Å². The maximum absolute atomic E-state index is 3.37. The predicted octanol–water partition coefficient (Wildman–Crippen LogP) is 5.04. The first kappa shape index (κ1) is 13.1. The number of fused-ring (bicyclic) bond motifs is 1. The lowest BCUT2D eigenvalue weighted by Gasteiger charge is -2.26. The van der Waals surface area contributed by atoms with E-state index in [1.807, 2.05) is 12.1 Å². The zero-order valence-corrected chi connectivity index (χ0v) is 12.3. The number of rotatable bonds is 0. The zero-order chi connectivity index (χ0) is 13.6. The summed E-state index contributed by atoms with van der Waals surface area (Å²) in [5.74, 6) is 0. The SMILES string of the molecule is CC(C)(C)c1cc(C(C)(C)C)c2[c]cc[c]c2c1. The van der Waals surface area contributed by atoms with E-state index in [2.05, 4.69) is 65.8 Å². The third-order valence-electron chi connectivity index (χ3n) is 3.36. The van der Waals surface area contributed by atoms with E-state index < -0.39 is 0 Å². The van der Waals surface area contributed by atoms with Crippen LogP contribution in [0.3, 0.4) is 0 Å². The van der Waals surface area contributed by atoms with E-state index in [0.717, 1.165) is 0 Å². The van der Waals surface area contributed by atoms with Crippen LogP contribution in [-0.4, -0.2) is 0 Å². The molecule has 0 nitrogen and oxygen atoms in total. The van der Waals surface area contributed by atoms with E-state index in [0.29, 0.717) is 0 Å². The smallest absolute Gasteiger partial charge is 0.00613 e. The van der Waals surface area contributed by atoms with Gasteiger partial charge in [0.25, 0.3) is 0 Å². The lowest BCUT2D eigenvalue weighted by Crippen LogP contribution is -2.16. The Bertz CT molecular complexity index is 563. The second kappa shape index (κ2) is 4.12. The second-order valence-corrected chi connectivity index (χ2v) is 7.07. The maximum atomic E-state index is 3.37. The van der Waals surface area contributed by atoms with Crippen LogP contribution < -0.4 is 0 Å². The van der Waals surface area contributed by atoms with Crippen molar-refractivity contribution in [2.45, 2.75) is 52.4 Å². The lowest BCUT2D eigenvalue weighted by atomic mass is 9.78. The van der Waals surface area contributed by atoms with Gasteiger partial charge in [0.05, 0.1) is 0 Å². The van der Waals surface area contributed by atoms with Gasteiger partial charge in [-0.15, -0.1) is 0 Å². The van der Waals surface area contributed by atoms with Gasteiger partial charge >= 0.3 is 0 Å². The molecule has 0 heterocycles. The Morgan fingerprint density at radius 1 is 0.778 bits per heavy atom. The third kappa shape index (κ3) is 2.43. The monoisotopic (exact) mass is 238 g/mol. The van der Waals surface area contributed by atoms with Crippen LogP contribution in [0.15, 0.2) is 24.3 Å². The molecule has 0 spiro atoms. The van der Waals surface area contributed by atoms with Crippen molar-refractivity contribution in [3.8, 4) is 0 Å². The van der Waals surface area contributed by atoms with Gasteiger partial charge in [-0.1, -0.05) is 59.7 Å². The minimum atomic E-state index is 0.130. The fourth-order valence-electron chi connectivity index (χ4n) is 2.19. The summed E-state index contributed by atoms with van der Waals surface area (Å²) >= 11 is 0. The first-order chi connectivity index (χ1) is 8.19. The van der Waals surface area contributed by atoms with Crippen molar-refractivity contribution in [3.05, 3.63) is 47.5 Å². The molecule has 0 N–H and O–H groups in total. The molecule has 2 aromatic carbocycles. The molecule has 0 amide bonds. The molecule has 0 aliphatic carbocycles. The van der Waals surface area contributed by atoms with E-state index in [9.17, 15) is 0 Å². The van der Waals surface area contributed by atoms with E-state index in [4.69, 9.17) is 0 Å². The highest BCUT2D eigenvalue weighted by molar-refractivity contribution is 5.86.